The van der Waals surface area contributed by atoms with Crippen molar-refractivity contribution in [2.45, 2.75) is 122 Å². The van der Waals surface area contributed by atoms with E-state index in [4.69, 9.17) is 5.11 Å². The molecule has 5 amide bonds. The molecule has 298 valence electrons. The summed E-state index contributed by atoms with van der Waals surface area (Å²) >= 11 is 0. The summed E-state index contributed by atoms with van der Waals surface area (Å²) in [4.78, 5) is 71.1. The summed E-state index contributed by atoms with van der Waals surface area (Å²) in [5.74, 6) is -1.01. The molecule has 0 bridgehead atoms. The minimum absolute atomic E-state index is 0.0524. The van der Waals surface area contributed by atoms with Crippen molar-refractivity contribution in [1.82, 2.24) is 36.6 Å². The van der Waals surface area contributed by atoms with E-state index in [1.165, 1.54) is 12.7 Å². The van der Waals surface area contributed by atoms with Crippen LogP contribution >= 0.6 is 0 Å². The Balaban J connectivity index is 1.72. The fourth-order valence-corrected chi connectivity index (χ4v) is 6.89. The maximum atomic E-state index is 14.2. The van der Waals surface area contributed by atoms with Crippen LogP contribution in [-0.2, 0) is 32.0 Å². The van der Waals surface area contributed by atoms with Gasteiger partial charge in [-0.15, -0.1) is 6.58 Å². The fraction of sp³-hybridized carbons (Fsp3) is 0.600. The molecule has 5 atom stereocenters. The van der Waals surface area contributed by atoms with E-state index in [-0.39, 0.29) is 56.5 Å². The molecule has 0 unspecified atom stereocenters. The summed E-state index contributed by atoms with van der Waals surface area (Å²) in [6, 6.07) is 6.61. The Morgan fingerprint density at radius 3 is 2.24 bits per heavy atom. The number of hydrogen-bond acceptors (Lipinski definition) is 7. The second-order valence-electron chi connectivity index (χ2n) is 14.7. The van der Waals surface area contributed by atoms with E-state index in [0.29, 0.717) is 37.3 Å². The van der Waals surface area contributed by atoms with Crippen LogP contribution in [0.2, 0.25) is 0 Å². The number of aromatic amines is 1. The summed E-state index contributed by atoms with van der Waals surface area (Å²) in [5, 5.41) is 33.9. The van der Waals surface area contributed by atoms with Crippen molar-refractivity contribution < 1.29 is 34.2 Å². The summed E-state index contributed by atoms with van der Waals surface area (Å²) in [6.07, 6.45) is 11.0. The van der Waals surface area contributed by atoms with Gasteiger partial charge < -0.3 is 41.8 Å². The molecule has 54 heavy (non-hydrogen) atoms. The van der Waals surface area contributed by atoms with Gasteiger partial charge in [-0.05, 0) is 49.0 Å². The predicted molar refractivity (Wildman–Crippen MR) is 206 cm³/mol. The van der Waals surface area contributed by atoms with E-state index >= 15 is 0 Å². The highest BCUT2D eigenvalue weighted by Gasteiger charge is 2.33. The van der Waals surface area contributed by atoms with E-state index in [2.05, 4.69) is 57.0 Å². The van der Waals surface area contributed by atoms with Crippen molar-refractivity contribution in [2.75, 3.05) is 13.1 Å². The van der Waals surface area contributed by atoms with E-state index in [9.17, 15) is 29.1 Å². The Labute approximate surface area is 319 Å². The van der Waals surface area contributed by atoms with Crippen molar-refractivity contribution >= 4 is 29.7 Å². The van der Waals surface area contributed by atoms with Crippen LogP contribution < -0.4 is 26.6 Å². The minimum Gasteiger partial charge on any atom is -0.465 e. The van der Waals surface area contributed by atoms with Crippen molar-refractivity contribution in [3.63, 3.8) is 0 Å². The van der Waals surface area contributed by atoms with Gasteiger partial charge in [0.15, 0.2) is 0 Å². The average molecular weight is 752 g/mol. The molecule has 2 aromatic rings. The molecule has 1 heterocycles. The molecule has 0 radical (unpaired) electrons. The van der Waals surface area contributed by atoms with Crippen LogP contribution in [0.4, 0.5) is 4.79 Å². The largest absolute Gasteiger partial charge is 0.465 e. The highest BCUT2D eigenvalue weighted by molar-refractivity contribution is 5.92. The van der Waals surface area contributed by atoms with Gasteiger partial charge in [0.05, 0.1) is 18.5 Å². The lowest BCUT2D eigenvalue weighted by Gasteiger charge is -2.33. The number of amides is 5. The van der Waals surface area contributed by atoms with Crippen LogP contribution in [0.1, 0.15) is 95.7 Å². The minimum atomic E-state index is -1.12. The van der Waals surface area contributed by atoms with Crippen LogP contribution in [0.5, 0.6) is 0 Å². The number of imidazole rings is 1. The van der Waals surface area contributed by atoms with Gasteiger partial charge in [0.25, 0.3) is 0 Å². The van der Waals surface area contributed by atoms with Gasteiger partial charge in [0, 0.05) is 50.7 Å². The summed E-state index contributed by atoms with van der Waals surface area (Å²) < 4.78 is 0. The molecule has 1 aromatic carbocycles. The number of unbranched alkanes of at least 4 members (excludes halogenated alkanes) is 1. The summed E-state index contributed by atoms with van der Waals surface area (Å²) in [6.45, 7) is 8.43. The first-order valence-corrected chi connectivity index (χ1v) is 19.4. The van der Waals surface area contributed by atoms with Crippen LogP contribution in [-0.4, -0.2) is 87.2 Å². The van der Waals surface area contributed by atoms with E-state index in [1.54, 1.807) is 6.20 Å². The monoisotopic (exact) mass is 751 g/mol. The number of hydrogen-bond donors (Lipinski definition) is 8. The number of nitrogens with zero attached hydrogens (tertiary/aromatic N) is 1. The molecule has 8 N–H and O–H groups in total. The van der Waals surface area contributed by atoms with Crippen LogP contribution in [0.3, 0.4) is 0 Å². The average Bonchev–Trinajstić information content (AvgIpc) is 3.66. The number of aliphatic hydroxyl groups excluding tert-OH is 1. The van der Waals surface area contributed by atoms with Gasteiger partial charge in [0.2, 0.25) is 23.6 Å². The highest BCUT2D eigenvalue weighted by Crippen LogP contribution is 2.30. The Bertz CT molecular complexity index is 1450. The van der Waals surface area contributed by atoms with Crippen LogP contribution in [0, 0.1) is 17.8 Å². The molecule has 1 saturated carbocycles. The van der Waals surface area contributed by atoms with Crippen molar-refractivity contribution in [3.05, 3.63) is 66.8 Å². The molecule has 0 aliphatic heterocycles. The lowest BCUT2D eigenvalue weighted by molar-refractivity contribution is -0.132. The maximum absolute atomic E-state index is 14.2. The molecule has 14 heteroatoms. The smallest absolute Gasteiger partial charge is 0.404 e. The molecule has 1 aliphatic carbocycles. The van der Waals surface area contributed by atoms with Crippen LogP contribution in [0.15, 0.2) is 55.5 Å². The lowest BCUT2D eigenvalue weighted by atomic mass is 9.81. The highest BCUT2D eigenvalue weighted by atomic mass is 16.4. The molecule has 3 rings (SSSR count). The number of aliphatic hydroxyl groups is 1. The van der Waals surface area contributed by atoms with Crippen LogP contribution in [0.25, 0.3) is 0 Å². The first kappa shape index (κ1) is 43.7. The zero-order valence-electron chi connectivity index (χ0n) is 31.9. The normalized spacial score (nSPS) is 15.9. The summed E-state index contributed by atoms with van der Waals surface area (Å²) in [7, 11) is 0. The number of carbonyl (C=O) groups is 5. The molecule has 1 fully saturated rings. The lowest BCUT2D eigenvalue weighted by Crippen LogP contribution is -2.57. The number of allylic oxidation sites excluding steroid dienone is 1. The third-order valence-corrected chi connectivity index (χ3v) is 10.1. The van der Waals surface area contributed by atoms with Crippen molar-refractivity contribution in [1.29, 1.82) is 0 Å². The second kappa shape index (κ2) is 23.8. The van der Waals surface area contributed by atoms with E-state index < -0.39 is 48.0 Å². The molecule has 1 aliphatic rings. The fourth-order valence-electron chi connectivity index (χ4n) is 6.89. The number of H-pyrrole nitrogens is 1. The quantitative estimate of drug-likeness (QED) is 0.0583. The third kappa shape index (κ3) is 16.5. The number of carboxylic acid groups (broad SMARTS) is 1. The second-order valence-corrected chi connectivity index (χ2v) is 14.7. The van der Waals surface area contributed by atoms with Gasteiger partial charge in [-0.1, -0.05) is 82.4 Å². The van der Waals surface area contributed by atoms with Gasteiger partial charge in [-0.2, -0.15) is 0 Å². The Kier molecular flexibility index (Phi) is 19.3. The zero-order valence-corrected chi connectivity index (χ0v) is 31.9. The first-order valence-electron chi connectivity index (χ1n) is 19.4. The molecular weight excluding hydrogens is 690 g/mol. The topological polar surface area (TPSA) is 215 Å². The van der Waals surface area contributed by atoms with Gasteiger partial charge in [-0.25, -0.2) is 9.78 Å². The van der Waals surface area contributed by atoms with Gasteiger partial charge in [0.1, 0.15) is 12.1 Å². The standard InChI is InChI=1S/C40H61N7O7/c1-4-30(27(2)3)23-35(48)32(21-28-13-7-5-8-14-28)46-39(52)34(24-31-25-41-26-44-31)47-38(51)33(22-29-15-9-6-10-16-29)45-37(50)18-20-42-36(49)17-11-12-19-43-40(53)54/h4,6,9-10,15-16,25-28,30,32-35,43,48H,1,5,7-8,11-14,17-24H2,2-3H3,(H,41,44)(H,42,49)(H,45,50)(H,46,52)(H,47,51)(H,53,54)/t30-,32-,33-,34-,35+/m0/s1. The Hall–Kier alpha value is -4.72. The summed E-state index contributed by atoms with van der Waals surface area (Å²) in [5.41, 5.74) is 1.43. The molecule has 1 aromatic heterocycles. The van der Waals surface area contributed by atoms with Gasteiger partial charge >= 0.3 is 6.09 Å². The Morgan fingerprint density at radius 1 is 0.889 bits per heavy atom. The van der Waals surface area contributed by atoms with E-state index in [1.807, 2.05) is 36.4 Å². The predicted octanol–water partition coefficient (Wildman–Crippen LogP) is 3.77. The maximum Gasteiger partial charge on any atom is 0.404 e. The van der Waals surface area contributed by atoms with E-state index in [0.717, 1.165) is 31.2 Å². The molecule has 0 saturated heterocycles. The molecule has 0 spiro atoms. The third-order valence-electron chi connectivity index (χ3n) is 10.1. The number of benzene rings is 1. The molecule has 14 nitrogen and oxygen atoms in total. The molecular formula is C40H61N7O7. The number of nitrogens with one attached hydrogen (secondary N) is 6. The number of carbonyl (C=O) groups excluding carboxylic acids is 4. The number of aromatic nitrogens is 2. The Morgan fingerprint density at radius 2 is 1.59 bits per heavy atom. The van der Waals surface area contributed by atoms with Crippen molar-refractivity contribution in [2.24, 2.45) is 17.8 Å². The zero-order chi connectivity index (χ0) is 39.3. The number of rotatable bonds is 24. The SMILES string of the molecule is C=C[C@@H](C[C@@H](O)[C@H](CC1CCCCC1)NC(=O)[C@H](Cc1cnc[nH]1)NC(=O)[C@H](Cc1ccccc1)NC(=O)CCNC(=O)CCCCNC(=O)O)C(C)C. The van der Waals surface area contributed by atoms with Crippen molar-refractivity contribution in [3.8, 4) is 0 Å². The first-order chi connectivity index (χ1) is 25.9. The van der Waals surface area contributed by atoms with Gasteiger partial charge in [-0.3, -0.25) is 19.2 Å².